The Morgan fingerprint density at radius 3 is 2.09 bits per heavy atom. The monoisotopic (exact) mass is 529 g/mol. The maximum atomic E-state index is 13.3. The van der Waals surface area contributed by atoms with Crippen LogP contribution in [0.25, 0.3) is 0 Å². The van der Waals surface area contributed by atoms with Crippen LogP contribution in [-0.4, -0.2) is 18.0 Å². The van der Waals surface area contributed by atoms with Crippen LogP contribution >= 0.6 is 15.9 Å². The lowest BCUT2D eigenvalue weighted by Gasteiger charge is -2.20. The van der Waals surface area contributed by atoms with Gasteiger partial charge in [-0.15, -0.1) is 0 Å². The van der Waals surface area contributed by atoms with E-state index in [4.69, 9.17) is 4.74 Å². The summed E-state index contributed by atoms with van der Waals surface area (Å²) >= 11 is 3.37. The summed E-state index contributed by atoms with van der Waals surface area (Å²) in [5.74, 6) is 0.802. The molecule has 0 aliphatic heterocycles. The molecule has 0 heterocycles. The molecule has 4 aromatic carbocycles. The Kier molecular flexibility index (Phi) is 8.14. The molecule has 4 aromatic rings. The van der Waals surface area contributed by atoms with Gasteiger partial charge >= 0.3 is 6.03 Å². The lowest BCUT2D eigenvalue weighted by molar-refractivity contribution is -0.117. The Morgan fingerprint density at radius 1 is 0.743 bits per heavy atom. The van der Waals surface area contributed by atoms with Crippen molar-refractivity contribution in [3.05, 3.63) is 119 Å². The van der Waals surface area contributed by atoms with Crippen LogP contribution in [0.15, 0.2) is 114 Å². The van der Waals surface area contributed by atoms with Gasteiger partial charge in [0.15, 0.2) is 5.75 Å². The number of carbonyl (C=O) groups is 2. The van der Waals surface area contributed by atoms with E-state index >= 15 is 0 Å². The highest BCUT2D eigenvalue weighted by atomic mass is 79.9. The van der Waals surface area contributed by atoms with Crippen molar-refractivity contribution in [2.45, 2.75) is 12.5 Å². The zero-order chi connectivity index (χ0) is 24.5. The SMILES string of the molecule is O=C(Nc1ccc(Br)cc1)NC(Cc1ccccc1)C(=O)Nc1ccccc1Oc1ccccc1. The number of rotatable bonds is 8. The van der Waals surface area contributed by atoms with E-state index in [1.165, 1.54) is 0 Å². The largest absolute Gasteiger partial charge is 0.455 e. The zero-order valence-corrected chi connectivity index (χ0v) is 20.4. The summed E-state index contributed by atoms with van der Waals surface area (Å²) in [4.78, 5) is 26.1. The number of ether oxygens (including phenoxy) is 1. The number of amides is 3. The van der Waals surface area contributed by atoms with E-state index in [0.29, 0.717) is 29.3 Å². The van der Waals surface area contributed by atoms with Gasteiger partial charge in [-0.05, 0) is 54.1 Å². The van der Waals surface area contributed by atoms with E-state index in [2.05, 4.69) is 31.9 Å². The van der Waals surface area contributed by atoms with Crippen molar-refractivity contribution in [1.82, 2.24) is 5.32 Å². The molecule has 0 saturated carbocycles. The molecule has 0 spiro atoms. The van der Waals surface area contributed by atoms with Gasteiger partial charge in [0.05, 0.1) is 5.69 Å². The second-order valence-electron chi connectivity index (χ2n) is 7.75. The number of benzene rings is 4. The van der Waals surface area contributed by atoms with Gasteiger partial charge in [0.1, 0.15) is 11.8 Å². The molecule has 6 nitrogen and oxygen atoms in total. The van der Waals surface area contributed by atoms with Gasteiger partial charge in [0.25, 0.3) is 0 Å². The highest BCUT2D eigenvalue weighted by molar-refractivity contribution is 9.10. The third kappa shape index (κ3) is 7.19. The minimum atomic E-state index is -0.822. The first-order valence-electron chi connectivity index (χ1n) is 11.1. The van der Waals surface area contributed by atoms with Gasteiger partial charge in [-0.25, -0.2) is 4.79 Å². The maximum Gasteiger partial charge on any atom is 0.319 e. The van der Waals surface area contributed by atoms with Crippen molar-refractivity contribution in [1.29, 1.82) is 0 Å². The van der Waals surface area contributed by atoms with Crippen LogP contribution in [0.5, 0.6) is 11.5 Å². The normalized spacial score (nSPS) is 11.2. The van der Waals surface area contributed by atoms with Crippen molar-refractivity contribution in [2.24, 2.45) is 0 Å². The lowest BCUT2D eigenvalue weighted by atomic mass is 10.1. The second kappa shape index (κ2) is 11.9. The third-order valence-corrected chi connectivity index (χ3v) is 5.65. The lowest BCUT2D eigenvalue weighted by Crippen LogP contribution is -2.47. The standard InChI is InChI=1S/C28H24BrN3O3/c29-21-15-17-22(18-16-21)30-28(34)32-25(19-20-9-3-1-4-10-20)27(33)31-24-13-7-8-14-26(24)35-23-11-5-2-6-12-23/h1-18,25H,19H2,(H,31,33)(H2,30,32,34). The minimum absolute atomic E-state index is 0.322. The highest BCUT2D eigenvalue weighted by Crippen LogP contribution is 2.29. The molecule has 35 heavy (non-hydrogen) atoms. The highest BCUT2D eigenvalue weighted by Gasteiger charge is 2.23. The summed E-state index contributed by atoms with van der Waals surface area (Å²) in [6, 6.07) is 32.0. The number of halogens is 1. The molecule has 1 atom stereocenters. The number of hydrogen-bond acceptors (Lipinski definition) is 3. The first-order chi connectivity index (χ1) is 17.1. The van der Waals surface area contributed by atoms with Gasteiger partial charge < -0.3 is 20.7 Å². The van der Waals surface area contributed by atoms with E-state index in [-0.39, 0.29) is 5.91 Å². The fourth-order valence-electron chi connectivity index (χ4n) is 3.41. The molecule has 0 aromatic heterocycles. The van der Waals surface area contributed by atoms with Crippen LogP contribution < -0.4 is 20.7 Å². The molecule has 0 bridgehead atoms. The van der Waals surface area contributed by atoms with E-state index in [1.807, 2.05) is 84.9 Å². The van der Waals surface area contributed by atoms with Gasteiger partial charge in [0, 0.05) is 16.6 Å². The molecule has 176 valence electrons. The van der Waals surface area contributed by atoms with Crippen molar-refractivity contribution in [3.63, 3.8) is 0 Å². The topological polar surface area (TPSA) is 79.5 Å². The zero-order valence-electron chi connectivity index (χ0n) is 18.8. The van der Waals surface area contributed by atoms with Crippen LogP contribution in [0.1, 0.15) is 5.56 Å². The fraction of sp³-hybridized carbons (Fsp3) is 0.0714. The van der Waals surface area contributed by atoms with Gasteiger partial charge in [-0.1, -0.05) is 76.6 Å². The van der Waals surface area contributed by atoms with Gasteiger partial charge in [-0.3, -0.25) is 4.79 Å². The van der Waals surface area contributed by atoms with Crippen LogP contribution in [0.4, 0.5) is 16.2 Å². The first-order valence-corrected chi connectivity index (χ1v) is 11.9. The molecule has 0 saturated heterocycles. The Labute approximate surface area is 212 Å². The first kappa shape index (κ1) is 24.0. The summed E-state index contributed by atoms with van der Waals surface area (Å²) in [5, 5.41) is 8.49. The quantitative estimate of drug-likeness (QED) is 0.240. The fourth-order valence-corrected chi connectivity index (χ4v) is 3.68. The Hall–Kier alpha value is -4.10. The van der Waals surface area contributed by atoms with Crippen molar-refractivity contribution in [2.75, 3.05) is 10.6 Å². The van der Waals surface area contributed by atoms with E-state index in [1.54, 1.807) is 24.3 Å². The van der Waals surface area contributed by atoms with E-state index < -0.39 is 12.1 Å². The number of hydrogen-bond donors (Lipinski definition) is 3. The summed E-state index contributed by atoms with van der Waals surface area (Å²) in [7, 11) is 0. The summed E-state index contributed by atoms with van der Waals surface area (Å²) in [6.45, 7) is 0. The van der Waals surface area contributed by atoms with Crippen LogP contribution in [0, 0.1) is 0 Å². The Bertz CT molecular complexity index is 1270. The van der Waals surface area contributed by atoms with Gasteiger partial charge in [-0.2, -0.15) is 0 Å². The summed E-state index contributed by atoms with van der Waals surface area (Å²) < 4.78 is 6.86. The number of urea groups is 1. The molecule has 0 fully saturated rings. The maximum absolute atomic E-state index is 13.3. The predicted molar refractivity (Wildman–Crippen MR) is 142 cm³/mol. The minimum Gasteiger partial charge on any atom is -0.455 e. The second-order valence-corrected chi connectivity index (χ2v) is 8.66. The van der Waals surface area contributed by atoms with E-state index in [9.17, 15) is 9.59 Å². The van der Waals surface area contributed by atoms with Gasteiger partial charge in [0.2, 0.25) is 5.91 Å². The Balaban J connectivity index is 1.50. The predicted octanol–water partition coefficient (Wildman–Crippen LogP) is 6.61. The summed E-state index contributed by atoms with van der Waals surface area (Å²) in [5.41, 5.74) is 2.05. The van der Waals surface area contributed by atoms with E-state index in [0.717, 1.165) is 10.0 Å². The van der Waals surface area contributed by atoms with Crippen LogP contribution in [0.3, 0.4) is 0 Å². The summed E-state index contributed by atoms with van der Waals surface area (Å²) in [6.07, 6.45) is 0.322. The molecule has 4 rings (SSSR count). The average Bonchev–Trinajstić information content (AvgIpc) is 2.87. The molecule has 0 aliphatic rings. The molecule has 0 aliphatic carbocycles. The number of anilines is 2. The molecule has 3 N–H and O–H groups in total. The van der Waals surface area contributed by atoms with Crippen molar-refractivity contribution in [3.8, 4) is 11.5 Å². The van der Waals surface area contributed by atoms with Crippen LogP contribution in [0.2, 0.25) is 0 Å². The molecule has 1 unspecified atom stereocenters. The van der Waals surface area contributed by atoms with Crippen LogP contribution in [-0.2, 0) is 11.2 Å². The Morgan fingerprint density at radius 2 is 1.37 bits per heavy atom. The third-order valence-electron chi connectivity index (χ3n) is 5.12. The molecule has 0 radical (unpaired) electrons. The van der Waals surface area contributed by atoms with Crippen molar-refractivity contribution < 1.29 is 14.3 Å². The molecular formula is C28H24BrN3O3. The average molecular weight is 530 g/mol. The molecule has 7 heteroatoms. The molecule has 3 amide bonds. The number of nitrogens with one attached hydrogen (secondary N) is 3. The molecular weight excluding hydrogens is 506 g/mol. The number of carbonyl (C=O) groups excluding carboxylic acids is 2. The van der Waals surface area contributed by atoms with Crippen molar-refractivity contribution >= 4 is 39.2 Å². The smallest absolute Gasteiger partial charge is 0.319 e. The number of para-hydroxylation sites is 3.